The number of rotatable bonds is 10. The second-order valence-electron chi connectivity index (χ2n) is 7.97. The van der Waals surface area contributed by atoms with E-state index >= 15 is 0 Å². The fraction of sp³-hybridized carbons (Fsp3) is 0.200. The summed E-state index contributed by atoms with van der Waals surface area (Å²) in [6.45, 7) is 2.21. The third-order valence-electron chi connectivity index (χ3n) is 5.37. The molecule has 36 heavy (non-hydrogen) atoms. The number of nitrogens with one attached hydrogen (secondary N) is 2. The van der Waals surface area contributed by atoms with Crippen molar-refractivity contribution >= 4 is 37.4 Å². The quantitative estimate of drug-likeness (QED) is 0.362. The number of sulfone groups is 2. The minimum absolute atomic E-state index is 0.0230. The lowest BCUT2D eigenvalue weighted by Gasteiger charge is -2.16. The summed E-state index contributed by atoms with van der Waals surface area (Å²) in [5, 5.41) is 14.4. The average molecular weight is 531 g/mol. The first-order valence-corrected chi connectivity index (χ1v) is 14.2. The average Bonchev–Trinajstić information content (AvgIpc) is 2.84. The topological polar surface area (TPSA) is 147 Å². The summed E-state index contributed by atoms with van der Waals surface area (Å²) in [5.41, 5.74) is 1.00. The van der Waals surface area contributed by atoms with E-state index in [-0.39, 0.29) is 21.1 Å². The Morgan fingerprint density at radius 1 is 0.806 bits per heavy atom. The molecular weight excluding hydrogens is 504 g/mol. The Hall–Kier alpha value is -3.70. The number of carboxylic acids is 1. The molecule has 0 aliphatic carbocycles. The number of hydrogen-bond acceptors (Lipinski definition) is 6. The van der Waals surface area contributed by atoms with Crippen molar-refractivity contribution < 1.29 is 31.5 Å². The van der Waals surface area contributed by atoms with Crippen molar-refractivity contribution in [2.24, 2.45) is 0 Å². The molecule has 0 bridgehead atoms. The number of amides is 2. The predicted octanol–water partition coefficient (Wildman–Crippen LogP) is 3.69. The maximum absolute atomic E-state index is 13.0. The van der Waals surface area contributed by atoms with Crippen LogP contribution in [0.4, 0.5) is 10.5 Å². The van der Waals surface area contributed by atoms with Gasteiger partial charge in [0.05, 0.1) is 26.9 Å². The van der Waals surface area contributed by atoms with E-state index in [0.717, 1.165) is 0 Å². The lowest BCUT2D eigenvalue weighted by atomic mass is 9.98. The van der Waals surface area contributed by atoms with E-state index in [0.29, 0.717) is 17.8 Å². The molecule has 0 aliphatic rings. The van der Waals surface area contributed by atoms with Crippen molar-refractivity contribution in [2.45, 2.75) is 33.9 Å². The van der Waals surface area contributed by atoms with Crippen molar-refractivity contribution in [1.29, 1.82) is 0 Å². The van der Waals surface area contributed by atoms with Gasteiger partial charge in [-0.3, -0.25) is 4.79 Å². The largest absolute Gasteiger partial charge is 0.481 e. The Bertz CT molecular complexity index is 1420. The van der Waals surface area contributed by atoms with Gasteiger partial charge in [0.25, 0.3) is 0 Å². The van der Waals surface area contributed by atoms with Crippen LogP contribution in [-0.4, -0.2) is 46.2 Å². The zero-order valence-corrected chi connectivity index (χ0v) is 21.1. The van der Waals surface area contributed by atoms with E-state index in [9.17, 15) is 31.5 Å². The van der Waals surface area contributed by atoms with Gasteiger partial charge in [0, 0.05) is 18.2 Å². The molecular formula is C25H26N2O7S2. The lowest BCUT2D eigenvalue weighted by Crippen LogP contribution is -2.28. The smallest absolute Gasteiger partial charge is 0.319 e. The molecule has 9 nitrogen and oxygen atoms in total. The van der Waals surface area contributed by atoms with Crippen molar-refractivity contribution in [3.63, 3.8) is 0 Å². The number of carboxylic acid groups (broad SMARTS) is 1. The summed E-state index contributed by atoms with van der Waals surface area (Å²) >= 11 is 0. The van der Waals surface area contributed by atoms with Gasteiger partial charge in [0.15, 0.2) is 9.84 Å². The third-order valence-corrected chi connectivity index (χ3v) is 8.98. The van der Waals surface area contributed by atoms with Crippen molar-refractivity contribution in [3.05, 3.63) is 84.4 Å². The van der Waals surface area contributed by atoms with Crippen LogP contribution in [0.1, 0.15) is 24.8 Å². The third kappa shape index (κ3) is 6.70. The Balaban J connectivity index is 1.80. The van der Waals surface area contributed by atoms with Crippen LogP contribution in [0, 0.1) is 0 Å². The van der Waals surface area contributed by atoms with Crippen LogP contribution in [0.2, 0.25) is 0 Å². The van der Waals surface area contributed by atoms with Crippen LogP contribution < -0.4 is 10.6 Å². The summed E-state index contributed by atoms with van der Waals surface area (Å²) in [4.78, 5) is 22.7. The maximum atomic E-state index is 13.0. The molecule has 190 valence electrons. The first-order valence-electron chi connectivity index (χ1n) is 11.0. The van der Waals surface area contributed by atoms with E-state index in [1.54, 1.807) is 37.3 Å². The van der Waals surface area contributed by atoms with E-state index in [1.165, 1.54) is 48.5 Å². The zero-order valence-electron chi connectivity index (χ0n) is 19.4. The summed E-state index contributed by atoms with van der Waals surface area (Å²) in [5.74, 6) is -2.31. The molecule has 0 aliphatic heterocycles. The zero-order chi connectivity index (χ0) is 26.3. The Morgan fingerprint density at radius 3 is 1.86 bits per heavy atom. The van der Waals surface area contributed by atoms with Crippen LogP contribution in [0.5, 0.6) is 0 Å². The highest BCUT2D eigenvalue weighted by Crippen LogP contribution is 2.27. The minimum Gasteiger partial charge on any atom is -0.481 e. The summed E-state index contributed by atoms with van der Waals surface area (Å²) in [6, 6.07) is 18.5. The van der Waals surface area contributed by atoms with Gasteiger partial charge in [-0.05, 0) is 61.0 Å². The Labute approximate surface area is 210 Å². The Kier molecular flexibility index (Phi) is 8.49. The van der Waals surface area contributed by atoms with Crippen LogP contribution in [0.25, 0.3) is 0 Å². The van der Waals surface area contributed by atoms with Crippen molar-refractivity contribution in [2.75, 3.05) is 17.6 Å². The van der Waals surface area contributed by atoms with Gasteiger partial charge in [0.2, 0.25) is 9.84 Å². The molecule has 0 spiro atoms. The Morgan fingerprint density at radius 2 is 1.33 bits per heavy atom. The lowest BCUT2D eigenvalue weighted by molar-refractivity contribution is -0.137. The molecule has 1 unspecified atom stereocenters. The molecule has 3 rings (SSSR count). The van der Waals surface area contributed by atoms with E-state index in [4.69, 9.17) is 0 Å². The molecule has 0 saturated heterocycles. The van der Waals surface area contributed by atoms with Crippen molar-refractivity contribution in [3.8, 4) is 0 Å². The molecule has 0 saturated carbocycles. The molecule has 3 aromatic carbocycles. The molecule has 3 aromatic rings. The maximum Gasteiger partial charge on any atom is 0.319 e. The fourth-order valence-corrected chi connectivity index (χ4v) is 6.43. The molecule has 0 radical (unpaired) electrons. The molecule has 11 heteroatoms. The molecule has 0 fully saturated rings. The van der Waals surface area contributed by atoms with E-state index < -0.39 is 43.3 Å². The number of aliphatic carboxylic acids is 1. The van der Waals surface area contributed by atoms with Gasteiger partial charge < -0.3 is 15.7 Å². The first kappa shape index (κ1) is 26.9. The van der Waals surface area contributed by atoms with E-state index in [1.807, 2.05) is 0 Å². The second kappa shape index (κ2) is 11.4. The summed E-state index contributed by atoms with van der Waals surface area (Å²) in [7, 11) is -7.85. The first-order chi connectivity index (χ1) is 17.0. The normalized spacial score (nSPS) is 12.5. The van der Waals surface area contributed by atoms with Gasteiger partial charge in [0.1, 0.15) is 0 Å². The van der Waals surface area contributed by atoms with Crippen molar-refractivity contribution in [1.82, 2.24) is 5.32 Å². The van der Waals surface area contributed by atoms with Gasteiger partial charge in [-0.2, -0.15) is 0 Å². The number of benzene rings is 3. The number of anilines is 1. The van der Waals surface area contributed by atoms with Crippen LogP contribution in [-0.2, 0) is 24.5 Å². The van der Waals surface area contributed by atoms with Crippen LogP contribution >= 0.6 is 0 Å². The van der Waals surface area contributed by atoms with Gasteiger partial charge in [-0.25, -0.2) is 21.6 Å². The number of carbonyl (C=O) groups excluding carboxylic acids is 1. The van der Waals surface area contributed by atoms with E-state index in [2.05, 4.69) is 10.6 Å². The number of carbonyl (C=O) groups is 2. The highest BCUT2D eigenvalue weighted by Gasteiger charge is 2.26. The summed E-state index contributed by atoms with van der Waals surface area (Å²) in [6.07, 6.45) is -0.360. The fourth-order valence-electron chi connectivity index (χ4n) is 3.59. The molecule has 0 heterocycles. The second-order valence-corrected chi connectivity index (χ2v) is 12.0. The highest BCUT2D eigenvalue weighted by atomic mass is 32.2. The minimum atomic E-state index is -3.94. The highest BCUT2D eigenvalue weighted by molar-refractivity contribution is 7.92. The standard InChI is InChI=1S/C25H26N2O7S2/c1-2-26-25(30)27-20-8-10-22(11-9-20)36(33,34)23-14-12-21(13-15-23)35(31,32)17-19(16-24(28)29)18-6-4-3-5-7-18/h3-15,19H,2,16-17H2,1H3,(H,28,29)(H2,26,27,30). The van der Waals surface area contributed by atoms with Crippen LogP contribution in [0.15, 0.2) is 93.5 Å². The molecule has 2 amide bonds. The number of hydrogen-bond donors (Lipinski definition) is 3. The SMILES string of the molecule is CCNC(=O)Nc1ccc(S(=O)(=O)c2ccc(S(=O)(=O)CC(CC(=O)O)c3ccccc3)cc2)cc1. The monoisotopic (exact) mass is 530 g/mol. The summed E-state index contributed by atoms with van der Waals surface area (Å²) < 4.78 is 52.0. The molecule has 0 aromatic heterocycles. The van der Waals surface area contributed by atoms with Gasteiger partial charge >= 0.3 is 12.0 Å². The van der Waals surface area contributed by atoms with Gasteiger partial charge in [-0.15, -0.1) is 0 Å². The number of urea groups is 1. The molecule has 1 atom stereocenters. The van der Waals surface area contributed by atoms with Gasteiger partial charge in [-0.1, -0.05) is 30.3 Å². The van der Waals surface area contributed by atoms with Crippen LogP contribution in [0.3, 0.4) is 0 Å². The molecule has 3 N–H and O–H groups in total. The predicted molar refractivity (Wildman–Crippen MR) is 135 cm³/mol.